The number of benzene rings is 1. The van der Waals surface area contributed by atoms with E-state index in [4.69, 9.17) is 12.2 Å². The van der Waals surface area contributed by atoms with Crippen LogP contribution >= 0.6 is 12.2 Å². The maximum absolute atomic E-state index is 5.75. The summed E-state index contributed by atoms with van der Waals surface area (Å²) in [6, 6.07) is 10.7. The molecule has 0 saturated heterocycles. The summed E-state index contributed by atoms with van der Waals surface area (Å²) in [4.78, 5) is 8.53. The van der Waals surface area contributed by atoms with Gasteiger partial charge < -0.3 is 15.1 Å². The maximum atomic E-state index is 5.75. The number of nitrogens with one attached hydrogen (secondary N) is 1. The second kappa shape index (κ2) is 8.92. The smallest absolute Gasteiger partial charge is 0.173 e. The van der Waals surface area contributed by atoms with Crippen molar-refractivity contribution in [1.29, 1.82) is 0 Å². The zero-order chi connectivity index (χ0) is 18.4. The summed E-state index contributed by atoms with van der Waals surface area (Å²) in [5, 5.41) is 4.17. The summed E-state index contributed by atoms with van der Waals surface area (Å²) < 4.78 is 0. The number of aryl methyl sites for hydroxylation is 2. The van der Waals surface area contributed by atoms with Gasteiger partial charge in [0.15, 0.2) is 5.11 Å². The molecule has 1 heterocycles. The van der Waals surface area contributed by atoms with Crippen LogP contribution < -0.4 is 5.32 Å². The fourth-order valence-electron chi connectivity index (χ4n) is 2.84. The molecule has 1 atom stereocenters. The Morgan fingerprint density at radius 3 is 2.24 bits per heavy atom. The van der Waals surface area contributed by atoms with E-state index >= 15 is 0 Å². The second-order valence-corrected chi connectivity index (χ2v) is 7.15. The van der Waals surface area contributed by atoms with Gasteiger partial charge in [0.2, 0.25) is 0 Å². The topological polar surface area (TPSA) is 31.4 Å². The normalized spacial score (nSPS) is 12.1. The third-order valence-electron chi connectivity index (χ3n) is 4.18. The Hall–Kier alpha value is -1.98. The van der Waals surface area contributed by atoms with Crippen molar-refractivity contribution in [3.63, 3.8) is 0 Å². The van der Waals surface area contributed by atoms with Gasteiger partial charge in [-0.3, -0.25) is 4.98 Å². The van der Waals surface area contributed by atoms with E-state index in [1.807, 2.05) is 24.5 Å². The van der Waals surface area contributed by atoms with Crippen molar-refractivity contribution in [3.05, 3.63) is 59.4 Å². The van der Waals surface area contributed by atoms with E-state index < -0.39 is 0 Å². The first kappa shape index (κ1) is 19.3. The second-order valence-electron chi connectivity index (χ2n) is 6.76. The molecule has 0 saturated carbocycles. The van der Waals surface area contributed by atoms with Crippen molar-refractivity contribution in [2.45, 2.75) is 26.8 Å². The maximum Gasteiger partial charge on any atom is 0.173 e. The van der Waals surface area contributed by atoms with Crippen molar-refractivity contribution in [2.24, 2.45) is 0 Å². The third-order valence-corrected chi connectivity index (χ3v) is 4.51. The van der Waals surface area contributed by atoms with Crippen LogP contribution in [-0.2, 0) is 0 Å². The molecule has 2 aromatic rings. The van der Waals surface area contributed by atoms with Crippen molar-refractivity contribution in [3.8, 4) is 0 Å². The zero-order valence-electron chi connectivity index (χ0n) is 15.8. The molecule has 0 aliphatic carbocycles. The highest BCUT2D eigenvalue weighted by molar-refractivity contribution is 7.80. The standard InChI is InChI=1S/C20H28N4S/c1-15-12-16(2)14-19(13-15)22-20(25)24(11-10-23(4)5)17(3)18-6-8-21-9-7-18/h6-9,12-14,17H,10-11H2,1-5H3,(H,22,25). The summed E-state index contributed by atoms with van der Waals surface area (Å²) in [5.74, 6) is 0. The van der Waals surface area contributed by atoms with Gasteiger partial charge in [-0.25, -0.2) is 0 Å². The molecule has 25 heavy (non-hydrogen) atoms. The van der Waals surface area contributed by atoms with Gasteiger partial charge in [-0.05, 0) is 88.0 Å². The summed E-state index contributed by atoms with van der Waals surface area (Å²) in [5.41, 5.74) is 4.71. The van der Waals surface area contributed by atoms with Gasteiger partial charge in [-0.1, -0.05) is 6.07 Å². The van der Waals surface area contributed by atoms with Gasteiger partial charge in [-0.2, -0.15) is 0 Å². The molecule has 1 aromatic heterocycles. The molecule has 0 aliphatic rings. The van der Waals surface area contributed by atoms with Crippen molar-refractivity contribution < 1.29 is 0 Å². The van der Waals surface area contributed by atoms with Gasteiger partial charge in [0.05, 0.1) is 6.04 Å². The van der Waals surface area contributed by atoms with Crippen LogP contribution in [0.2, 0.25) is 0 Å². The van der Waals surface area contributed by atoms with Gasteiger partial charge in [0.1, 0.15) is 0 Å². The average Bonchev–Trinajstić information content (AvgIpc) is 2.54. The van der Waals surface area contributed by atoms with Gasteiger partial charge in [0, 0.05) is 31.2 Å². The Morgan fingerprint density at radius 2 is 1.68 bits per heavy atom. The van der Waals surface area contributed by atoms with E-state index in [2.05, 4.69) is 73.2 Å². The lowest BCUT2D eigenvalue weighted by Crippen LogP contribution is -2.40. The number of anilines is 1. The van der Waals surface area contributed by atoms with Gasteiger partial charge in [0.25, 0.3) is 0 Å². The number of aromatic nitrogens is 1. The predicted molar refractivity (Wildman–Crippen MR) is 110 cm³/mol. The molecule has 0 bridgehead atoms. The van der Waals surface area contributed by atoms with E-state index in [-0.39, 0.29) is 6.04 Å². The largest absolute Gasteiger partial charge is 0.341 e. The molecule has 0 amide bonds. The summed E-state index contributed by atoms with van der Waals surface area (Å²) >= 11 is 5.75. The first-order valence-electron chi connectivity index (χ1n) is 8.57. The van der Waals surface area contributed by atoms with E-state index in [1.54, 1.807) is 0 Å². The minimum absolute atomic E-state index is 0.175. The van der Waals surface area contributed by atoms with Crippen LogP contribution in [0.25, 0.3) is 0 Å². The molecule has 0 fully saturated rings. The summed E-state index contributed by atoms with van der Waals surface area (Å²) in [7, 11) is 4.16. The molecule has 0 radical (unpaired) electrons. The lowest BCUT2D eigenvalue weighted by molar-refractivity contribution is 0.289. The van der Waals surface area contributed by atoms with Crippen LogP contribution in [-0.4, -0.2) is 47.1 Å². The highest BCUT2D eigenvalue weighted by Gasteiger charge is 2.19. The number of nitrogens with zero attached hydrogens (tertiary/aromatic N) is 3. The van der Waals surface area contributed by atoms with Crippen molar-refractivity contribution >= 4 is 23.0 Å². The molecule has 0 spiro atoms. The van der Waals surface area contributed by atoms with Crippen molar-refractivity contribution in [1.82, 2.24) is 14.8 Å². The lowest BCUT2D eigenvalue weighted by atomic mass is 10.1. The Labute approximate surface area is 156 Å². The molecular weight excluding hydrogens is 328 g/mol. The van der Waals surface area contributed by atoms with Crippen LogP contribution in [0.5, 0.6) is 0 Å². The van der Waals surface area contributed by atoms with Crippen LogP contribution in [0.1, 0.15) is 29.7 Å². The molecule has 5 heteroatoms. The van der Waals surface area contributed by atoms with Crippen molar-refractivity contribution in [2.75, 3.05) is 32.5 Å². The minimum Gasteiger partial charge on any atom is -0.341 e. The highest BCUT2D eigenvalue weighted by Crippen LogP contribution is 2.21. The van der Waals surface area contributed by atoms with Crippen LogP contribution in [0.3, 0.4) is 0 Å². The van der Waals surface area contributed by atoms with Gasteiger partial charge >= 0.3 is 0 Å². The fourth-order valence-corrected chi connectivity index (χ4v) is 3.21. The van der Waals surface area contributed by atoms with Crippen LogP contribution in [0, 0.1) is 13.8 Å². The number of thiocarbonyl (C=S) groups is 1. The molecule has 1 N–H and O–H groups in total. The molecule has 1 unspecified atom stereocenters. The predicted octanol–water partition coefficient (Wildman–Crippen LogP) is 4.02. The Bertz CT molecular complexity index is 680. The first-order valence-corrected chi connectivity index (χ1v) is 8.98. The van der Waals surface area contributed by atoms with E-state index in [9.17, 15) is 0 Å². The molecule has 1 aromatic carbocycles. The SMILES string of the molecule is Cc1cc(C)cc(NC(=S)N(CCN(C)C)C(C)c2ccncc2)c1. The number of pyridine rings is 1. The molecule has 134 valence electrons. The van der Waals surface area contributed by atoms with Crippen LogP contribution in [0.15, 0.2) is 42.7 Å². The first-order chi connectivity index (χ1) is 11.9. The quantitative estimate of drug-likeness (QED) is 0.790. The number of likely N-dealkylation sites (N-methyl/N-ethyl adjacent to an activating group) is 1. The Balaban J connectivity index is 2.19. The van der Waals surface area contributed by atoms with E-state index in [0.29, 0.717) is 0 Å². The average molecular weight is 357 g/mol. The summed E-state index contributed by atoms with van der Waals surface area (Å²) in [6.45, 7) is 8.17. The molecular formula is C20H28N4S. The van der Waals surface area contributed by atoms with Gasteiger partial charge in [-0.15, -0.1) is 0 Å². The third kappa shape index (κ3) is 5.80. The Kier molecular flexibility index (Phi) is 6.91. The lowest BCUT2D eigenvalue weighted by Gasteiger charge is -2.33. The minimum atomic E-state index is 0.175. The van der Waals surface area contributed by atoms with Crippen LogP contribution in [0.4, 0.5) is 5.69 Å². The van der Waals surface area contributed by atoms with E-state index in [0.717, 1.165) is 23.9 Å². The molecule has 4 nitrogen and oxygen atoms in total. The summed E-state index contributed by atoms with van der Waals surface area (Å²) in [6.07, 6.45) is 3.66. The molecule has 2 rings (SSSR count). The Morgan fingerprint density at radius 1 is 1.08 bits per heavy atom. The fraction of sp³-hybridized carbons (Fsp3) is 0.400. The number of hydrogen-bond donors (Lipinski definition) is 1. The zero-order valence-corrected chi connectivity index (χ0v) is 16.6. The van der Waals surface area contributed by atoms with E-state index in [1.165, 1.54) is 16.7 Å². The highest BCUT2D eigenvalue weighted by atomic mass is 32.1. The number of rotatable bonds is 6. The monoisotopic (exact) mass is 356 g/mol. The molecule has 0 aliphatic heterocycles. The number of hydrogen-bond acceptors (Lipinski definition) is 3.